The van der Waals surface area contributed by atoms with E-state index in [1.54, 1.807) is 6.07 Å². The van der Waals surface area contributed by atoms with Crippen molar-refractivity contribution in [3.05, 3.63) is 35.6 Å². The molecule has 0 fully saturated rings. The predicted octanol–water partition coefficient (Wildman–Crippen LogP) is 2.82. The topological polar surface area (TPSA) is 15.3 Å². The van der Waals surface area contributed by atoms with Crippen LogP contribution >= 0.6 is 0 Å². The molecule has 1 aromatic rings. The van der Waals surface area contributed by atoms with Gasteiger partial charge in [-0.2, -0.15) is 0 Å². The van der Waals surface area contributed by atoms with E-state index in [0.717, 1.165) is 12.1 Å². The van der Waals surface area contributed by atoms with Crippen LogP contribution in [0.25, 0.3) is 0 Å². The lowest BCUT2D eigenvalue weighted by atomic mass is 9.87. The number of nitrogens with one attached hydrogen (secondary N) is 1. The Bertz CT molecular complexity index is 361. The maximum Gasteiger partial charge on any atom is 0.128 e. The van der Waals surface area contributed by atoms with Gasteiger partial charge >= 0.3 is 0 Å². The first-order valence-corrected chi connectivity index (χ1v) is 6.06. The Labute approximate surface area is 104 Å². The van der Waals surface area contributed by atoms with Crippen LogP contribution in [-0.4, -0.2) is 31.1 Å². The second-order valence-corrected chi connectivity index (χ2v) is 5.06. The molecule has 0 aromatic heterocycles. The van der Waals surface area contributed by atoms with E-state index in [4.69, 9.17) is 0 Å². The number of benzene rings is 1. The van der Waals surface area contributed by atoms with Crippen molar-refractivity contribution in [2.75, 3.05) is 20.6 Å². The number of nitrogens with zero attached hydrogens (tertiary/aromatic N) is 1. The Morgan fingerprint density at radius 2 is 1.88 bits per heavy atom. The molecule has 0 aliphatic carbocycles. The standard InChI is InChI=1S/C14H23FN2/c1-6-16-13(14(2,3)17(4)5)11-9-7-8-10-12(11)15/h7-10,13,16H,6H2,1-5H3. The number of hydrogen-bond acceptors (Lipinski definition) is 2. The molecule has 1 rings (SSSR count). The van der Waals surface area contributed by atoms with Crippen molar-refractivity contribution in [3.63, 3.8) is 0 Å². The second kappa shape index (κ2) is 5.61. The highest BCUT2D eigenvalue weighted by molar-refractivity contribution is 5.24. The van der Waals surface area contributed by atoms with E-state index in [9.17, 15) is 4.39 Å². The largest absolute Gasteiger partial charge is 0.309 e. The van der Waals surface area contributed by atoms with Gasteiger partial charge in [0, 0.05) is 11.1 Å². The molecule has 1 N–H and O–H groups in total. The van der Waals surface area contributed by atoms with Gasteiger partial charge in [-0.3, -0.25) is 0 Å². The van der Waals surface area contributed by atoms with Crippen LogP contribution < -0.4 is 5.32 Å². The van der Waals surface area contributed by atoms with E-state index in [2.05, 4.69) is 24.1 Å². The summed E-state index contributed by atoms with van der Waals surface area (Å²) in [7, 11) is 4.04. The number of likely N-dealkylation sites (N-methyl/N-ethyl adjacent to an activating group) is 2. The summed E-state index contributed by atoms with van der Waals surface area (Å²) in [5.74, 6) is -0.145. The second-order valence-electron chi connectivity index (χ2n) is 5.06. The highest BCUT2D eigenvalue weighted by atomic mass is 19.1. The predicted molar refractivity (Wildman–Crippen MR) is 70.6 cm³/mol. The maximum absolute atomic E-state index is 13.9. The molecule has 0 bridgehead atoms. The van der Waals surface area contributed by atoms with Gasteiger partial charge in [-0.05, 0) is 40.6 Å². The summed E-state index contributed by atoms with van der Waals surface area (Å²) >= 11 is 0. The Morgan fingerprint density at radius 3 is 2.35 bits per heavy atom. The summed E-state index contributed by atoms with van der Waals surface area (Å²) in [6.07, 6.45) is 0. The molecule has 0 saturated carbocycles. The molecule has 0 amide bonds. The van der Waals surface area contributed by atoms with Crippen LogP contribution in [0, 0.1) is 5.82 Å². The van der Waals surface area contributed by atoms with E-state index in [0.29, 0.717) is 0 Å². The molecular weight excluding hydrogens is 215 g/mol. The van der Waals surface area contributed by atoms with Gasteiger partial charge in [0.2, 0.25) is 0 Å². The third-order valence-electron chi connectivity index (χ3n) is 3.48. The van der Waals surface area contributed by atoms with E-state index < -0.39 is 0 Å². The summed E-state index contributed by atoms with van der Waals surface area (Å²) in [6.45, 7) is 7.09. The molecule has 0 heterocycles. The van der Waals surface area contributed by atoms with Crippen molar-refractivity contribution in [1.29, 1.82) is 0 Å². The van der Waals surface area contributed by atoms with E-state index in [1.165, 1.54) is 6.07 Å². The molecule has 0 saturated heterocycles. The van der Waals surface area contributed by atoms with Crippen LogP contribution in [0.1, 0.15) is 32.4 Å². The molecular formula is C14H23FN2. The lowest BCUT2D eigenvalue weighted by Gasteiger charge is -2.41. The van der Waals surface area contributed by atoms with Crippen LogP contribution in [0.3, 0.4) is 0 Å². The summed E-state index contributed by atoms with van der Waals surface area (Å²) in [4.78, 5) is 2.12. The molecule has 1 unspecified atom stereocenters. The summed E-state index contributed by atoms with van der Waals surface area (Å²) < 4.78 is 13.9. The Balaban J connectivity index is 3.14. The summed E-state index contributed by atoms with van der Waals surface area (Å²) in [5, 5.41) is 3.38. The molecule has 0 spiro atoms. The first kappa shape index (κ1) is 14.1. The first-order chi connectivity index (χ1) is 7.91. The smallest absolute Gasteiger partial charge is 0.128 e. The van der Waals surface area contributed by atoms with E-state index >= 15 is 0 Å². The fraction of sp³-hybridized carbons (Fsp3) is 0.571. The fourth-order valence-corrected chi connectivity index (χ4v) is 1.91. The van der Waals surface area contributed by atoms with Crippen molar-refractivity contribution in [2.45, 2.75) is 32.4 Å². The van der Waals surface area contributed by atoms with Gasteiger partial charge in [-0.15, -0.1) is 0 Å². The Kier molecular flexibility index (Phi) is 4.66. The Hall–Kier alpha value is -0.930. The third kappa shape index (κ3) is 3.05. The zero-order chi connectivity index (χ0) is 13.1. The van der Waals surface area contributed by atoms with Crippen LogP contribution in [0.15, 0.2) is 24.3 Å². The summed E-state index contributed by atoms with van der Waals surface area (Å²) in [5.41, 5.74) is 0.575. The van der Waals surface area contributed by atoms with Crippen molar-refractivity contribution in [3.8, 4) is 0 Å². The van der Waals surface area contributed by atoms with E-state index in [-0.39, 0.29) is 17.4 Å². The van der Waals surface area contributed by atoms with Gasteiger partial charge in [0.05, 0.1) is 6.04 Å². The van der Waals surface area contributed by atoms with Gasteiger partial charge in [-0.1, -0.05) is 25.1 Å². The minimum Gasteiger partial charge on any atom is -0.309 e. The van der Waals surface area contributed by atoms with E-state index in [1.807, 2.05) is 33.2 Å². The van der Waals surface area contributed by atoms with Gasteiger partial charge < -0.3 is 10.2 Å². The van der Waals surface area contributed by atoms with Gasteiger partial charge in [-0.25, -0.2) is 4.39 Å². The molecule has 1 atom stereocenters. The first-order valence-electron chi connectivity index (χ1n) is 6.06. The zero-order valence-corrected chi connectivity index (χ0v) is 11.4. The number of hydrogen-bond donors (Lipinski definition) is 1. The molecule has 2 nitrogen and oxygen atoms in total. The normalized spacial score (nSPS) is 14.1. The maximum atomic E-state index is 13.9. The lowest BCUT2D eigenvalue weighted by Crippen LogP contribution is -2.49. The van der Waals surface area contributed by atoms with Crippen molar-refractivity contribution in [2.24, 2.45) is 0 Å². The van der Waals surface area contributed by atoms with Crippen LogP contribution in [0.5, 0.6) is 0 Å². The number of halogens is 1. The van der Waals surface area contributed by atoms with Crippen molar-refractivity contribution in [1.82, 2.24) is 10.2 Å². The quantitative estimate of drug-likeness (QED) is 0.848. The number of rotatable bonds is 5. The van der Waals surface area contributed by atoms with Gasteiger partial charge in [0.15, 0.2) is 0 Å². The van der Waals surface area contributed by atoms with Crippen molar-refractivity contribution >= 4 is 0 Å². The molecule has 1 aromatic carbocycles. The summed E-state index contributed by atoms with van der Waals surface area (Å²) in [6, 6.07) is 6.96. The highest BCUT2D eigenvalue weighted by Gasteiger charge is 2.33. The van der Waals surface area contributed by atoms with Crippen LogP contribution in [0.2, 0.25) is 0 Å². The zero-order valence-electron chi connectivity index (χ0n) is 11.4. The van der Waals surface area contributed by atoms with Crippen LogP contribution in [0.4, 0.5) is 4.39 Å². The Morgan fingerprint density at radius 1 is 1.29 bits per heavy atom. The minimum absolute atomic E-state index is 0.0244. The average Bonchev–Trinajstić information content (AvgIpc) is 2.26. The molecule has 0 radical (unpaired) electrons. The molecule has 0 aliphatic heterocycles. The SMILES string of the molecule is CCNC(c1ccccc1F)C(C)(C)N(C)C. The van der Waals surface area contributed by atoms with Gasteiger partial charge in [0.1, 0.15) is 5.82 Å². The monoisotopic (exact) mass is 238 g/mol. The van der Waals surface area contributed by atoms with Gasteiger partial charge in [0.25, 0.3) is 0 Å². The highest BCUT2D eigenvalue weighted by Crippen LogP contribution is 2.30. The fourth-order valence-electron chi connectivity index (χ4n) is 1.91. The molecule has 0 aliphatic rings. The lowest BCUT2D eigenvalue weighted by molar-refractivity contribution is 0.137. The third-order valence-corrected chi connectivity index (χ3v) is 3.48. The average molecular weight is 238 g/mol. The molecule has 17 heavy (non-hydrogen) atoms. The molecule has 3 heteroatoms. The molecule has 96 valence electrons. The van der Waals surface area contributed by atoms with Crippen molar-refractivity contribution < 1.29 is 4.39 Å². The van der Waals surface area contributed by atoms with Crippen LogP contribution in [-0.2, 0) is 0 Å². The minimum atomic E-state index is -0.155.